The molecule has 0 aromatic heterocycles. The largest absolute Gasteiger partial charge is 0.338 e. The maximum Gasteiger partial charge on any atom is 0.271 e. The maximum atomic E-state index is 13.1. The Bertz CT molecular complexity index is 1040. The number of non-ortho nitro benzene ring substituents is 1. The smallest absolute Gasteiger partial charge is 0.271 e. The predicted molar refractivity (Wildman–Crippen MR) is 118 cm³/mol. The van der Waals surface area contributed by atoms with Crippen LogP contribution in [0.25, 0.3) is 0 Å². The van der Waals surface area contributed by atoms with Gasteiger partial charge in [-0.25, -0.2) is 8.42 Å². The summed E-state index contributed by atoms with van der Waals surface area (Å²) in [5.74, 6) is -0.323. The summed E-state index contributed by atoms with van der Waals surface area (Å²) in [7, 11) is -3.84. The summed E-state index contributed by atoms with van der Waals surface area (Å²) in [6, 6.07) is 14.4. The number of carbonyl (C=O) groups excluding carboxylic acids is 1. The molecule has 2 aromatic carbocycles. The second kappa shape index (κ2) is 9.44. The second-order valence-corrected chi connectivity index (χ2v) is 9.46. The number of rotatable bonds is 7. The van der Waals surface area contributed by atoms with Crippen molar-refractivity contribution < 1.29 is 18.1 Å². The molecular formula is C21H26N4O5S. The van der Waals surface area contributed by atoms with E-state index in [1.165, 1.54) is 36.8 Å². The number of piperazine rings is 1. The molecule has 9 nitrogen and oxygen atoms in total. The van der Waals surface area contributed by atoms with Gasteiger partial charge in [-0.2, -0.15) is 0 Å². The van der Waals surface area contributed by atoms with Crippen molar-refractivity contribution in [3.05, 3.63) is 70.3 Å². The minimum atomic E-state index is -3.84. The van der Waals surface area contributed by atoms with E-state index in [0.29, 0.717) is 26.2 Å². The van der Waals surface area contributed by atoms with Gasteiger partial charge in [0.2, 0.25) is 15.9 Å². The quantitative estimate of drug-likeness (QED) is 0.477. The van der Waals surface area contributed by atoms with Gasteiger partial charge >= 0.3 is 0 Å². The third-order valence-corrected chi connectivity index (χ3v) is 6.54. The van der Waals surface area contributed by atoms with Gasteiger partial charge < -0.3 is 4.90 Å². The van der Waals surface area contributed by atoms with E-state index in [4.69, 9.17) is 0 Å². The van der Waals surface area contributed by atoms with E-state index in [2.05, 4.69) is 17.0 Å². The Hall–Kier alpha value is -2.98. The van der Waals surface area contributed by atoms with Gasteiger partial charge in [0, 0.05) is 44.9 Å². The van der Waals surface area contributed by atoms with Crippen LogP contribution in [0.1, 0.15) is 12.5 Å². The fourth-order valence-corrected chi connectivity index (χ4v) is 4.94. The molecule has 0 unspecified atom stereocenters. The third kappa shape index (κ3) is 5.59. The van der Waals surface area contributed by atoms with E-state index < -0.39 is 21.0 Å². The van der Waals surface area contributed by atoms with E-state index in [1.807, 2.05) is 18.2 Å². The lowest BCUT2D eigenvalue weighted by Gasteiger charge is -2.38. The molecule has 2 aromatic rings. The number of hydrogen-bond donors (Lipinski definition) is 0. The zero-order valence-corrected chi connectivity index (χ0v) is 18.4. The topological polar surface area (TPSA) is 104 Å². The van der Waals surface area contributed by atoms with Crippen LogP contribution in [0.15, 0.2) is 54.6 Å². The molecule has 31 heavy (non-hydrogen) atoms. The zero-order valence-electron chi connectivity index (χ0n) is 17.5. The molecule has 3 rings (SSSR count). The first kappa shape index (κ1) is 22.7. The fourth-order valence-electron chi connectivity index (χ4n) is 3.78. The summed E-state index contributed by atoms with van der Waals surface area (Å²) < 4.78 is 25.9. The lowest BCUT2D eigenvalue weighted by Crippen LogP contribution is -2.55. The number of benzene rings is 2. The van der Waals surface area contributed by atoms with Crippen LogP contribution in [-0.4, -0.2) is 67.5 Å². The van der Waals surface area contributed by atoms with Crippen LogP contribution in [0.5, 0.6) is 0 Å². The third-order valence-electron chi connectivity index (χ3n) is 5.29. The summed E-state index contributed by atoms with van der Waals surface area (Å²) in [6.45, 7) is 4.65. The maximum absolute atomic E-state index is 13.1. The molecule has 1 atom stereocenters. The van der Waals surface area contributed by atoms with Crippen LogP contribution in [0, 0.1) is 10.1 Å². The molecule has 0 N–H and O–H groups in total. The Morgan fingerprint density at radius 1 is 1.10 bits per heavy atom. The number of sulfonamides is 1. The highest BCUT2D eigenvalue weighted by atomic mass is 32.2. The van der Waals surface area contributed by atoms with Crippen LogP contribution < -0.4 is 4.31 Å². The number of nitro groups is 1. The van der Waals surface area contributed by atoms with Gasteiger partial charge in [-0.3, -0.25) is 24.1 Å². The number of carbonyl (C=O) groups is 1. The van der Waals surface area contributed by atoms with Crippen molar-refractivity contribution in [3.8, 4) is 0 Å². The number of nitrogens with zero attached hydrogens (tertiary/aromatic N) is 4. The molecule has 0 aliphatic carbocycles. The fraction of sp³-hybridized carbons (Fsp3) is 0.381. The number of amides is 1. The number of anilines is 1. The lowest BCUT2D eigenvalue weighted by molar-refractivity contribution is -0.384. The van der Waals surface area contributed by atoms with Crippen LogP contribution in [0.3, 0.4) is 0 Å². The molecule has 1 aliphatic rings. The minimum absolute atomic E-state index is 0.0975. The Morgan fingerprint density at radius 3 is 2.32 bits per heavy atom. The second-order valence-electron chi connectivity index (χ2n) is 7.60. The summed E-state index contributed by atoms with van der Waals surface area (Å²) in [4.78, 5) is 27.5. The molecule has 1 saturated heterocycles. The minimum Gasteiger partial charge on any atom is -0.338 e. The molecular weight excluding hydrogens is 420 g/mol. The highest BCUT2D eigenvalue weighted by Crippen LogP contribution is 2.26. The molecule has 10 heteroatoms. The first-order valence-corrected chi connectivity index (χ1v) is 11.8. The Kier molecular flexibility index (Phi) is 6.91. The van der Waals surface area contributed by atoms with E-state index in [1.54, 1.807) is 4.90 Å². The van der Waals surface area contributed by atoms with E-state index in [0.717, 1.165) is 17.1 Å². The average Bonchev–Trinajstić information content (AvgIpc) is 2.74. The van der Waals surface area contributed by atoms with Crippen LogP contribution in [-0.2, 0) is 21.4 Å². The van der Waals surface area contributed by atoms with Crippen LogP contribution in [0.2, 0.25) is 0 Å². The van der Waals surface area contributed by atoms with Crippen molar-refractivity contribution in [2.45, 2.75) is 19.5 Å². The van der Waals surface area contributed by atoms with E-state index in [-0.39, 0.29) is 17.3 Å². The van der Waals surface area contributed by atoms with Crippen molar-refractivity contribution in [2.24, 2.45) is 0 Å². The van der Waals surface area contributed by atoms with Crippen molar-refractivity contribution in [2.75, 3.05) is 36.7 Å². The molecule has 1 fully saturated rings. The highest BCUT2D eigenvalue weighted by Gasteiger charge is 2.34. The standard InChI is InChI=1S/C21H26N4O5S/c1-17(24(31(2,29)30)19-9-6-10-20(15-19)25(27)28)21(26)23-13-11-22(12-14-23)16-18-7-4-3-5-8-18/h3-10,15,17H,11-14,16H2,1-2H3/t17-/m1/s1. The monoisotopic (exact) mass is 446 g/mol. The summed E-state index contributed by atoms with van der Waals surface area (Å²) in [6.07, 6.45) is 0.993. The van der Waals surface area contributed by atoms with Crippen LogP contribution >= 0.6 is 0 Å². The molecule has 0 radical (unpaired) electrons. The lowest BCUT2D eigenvalue weighted by atomic mass is 10.2. The van der Waals surface area contributed by atoms with Crippen molar-refractivity contribution in [1.29, 1.82) is 0 Å². The van der Waals surface area contributed by atoms with E-state index in [9.17, 15) is 23.3 Å². The zero-order chi connectivity index (χ0) is 22.6. The van der Waals surface area contributed by atoms with Gasteiger partial charge in [0.25, 0.3) is 5.69 Å². The first-order valence-electron chi connectivity index (χ1n) is 9.96. The summed E-state index contributed by atoms with van der Waals surface area (Å²) in [5.41, 5.74) is 1.06. The highest BCUT2D eigenvalue weighted by molar-refractivity contribution is 7.92. The molecule has 0 spiro atoms. The average molecular weight is 447 g/mol. The first-order chi connectivity index (χ1) is 14.7. The van der Waals surface area contributed by atoms with Gasteiger partial charge in [0.15, 0.2) is 0 Å². The Labute approximate surface area is 182 Å². The van der Waals surface area contributed by atoms with Crippen molar-refractivity contribution in [1.82, 2.24) is 9.80 Å². The number of nitro benzene ring substituents is 1. The predicted octanol–water partition coefficient (Wildman–Crippen LogP) is 2.09. The Balaban J connectivity index is 1.71. The molecule has 1 heterocycles. The number of hydrogen-bond acceptors (Lipinski definition) is 6. The van der Waals surface area contributed by atoms with Gasteiger partial charge in [-0.05, 0) is 18.6 Å². The molecule has 0 bridgehead atoms. The molecule has 1 aliphatic heterocycles. The van der Waals surface area contributed by atoms with Gasteiger partial charge in [-0.1, -0.05) is 36.4 Å². The van der Waals surface area contributed by atoms with Crippen molar-refractivity contribution >= 4 is 27.3 Å². The van der Waals surface area contributed by atoms with Gasteiger partial charge in [-0.15, -0.1) is 0 Å². The van der Waals surface area contributed by atoms with E-state index >= 15 is 0 Å². The van der Waals surface area contributed by atoms with Crippen LogP contribution in [0.4, 0.5) is 11.4 Å². The molecule has 1 amide bonds. The van der Waals surface area contributed by atoms with Gasteiger partial charge in [0.1, 0.15) is 6.04 Å². The Morgan fingerprint density at radius 2 is 1.74 bits per heavy atom. The summed E-state index contributed by atoms with van der Waals surface area (Å²) >= 11 is 0. The normalized spacial score (nSPS) is 16.0. The molecule has 166 valence electrons. The van der Waals surface area contributed by atoms with Gasteiger partial charge in [0.05, 0.1) is 16.9 Å². The SMILES string of the molecule is C[C@H](C(=O)N1CCN(Cc2ccccc2)CC1)N(c1cccc([N+](=O)[O-])c1)S(C)(=O)=O. The summed E-state index contributed by atoms with van der Waals surface area (Å²) in [5, 5.41) is 11.1. The van der Waals surface area contributed by atoms with Crippen molar-refractivity contribution in [3.63, 3.8) is 0 Å². The molecule has 0 saturated carbocycles.